The Balaban J connectivity index is 1.78. The van der Waals surface area contributed by atoms with Gasteiger partial charge in [0.25, 0.3) is 0 Å². The number of pyridine rings is 1. The average Bonchev–Trinajstić information content (AvgIpc) is 2.80. The second-order valence-electron chi connectivity index (χ2n) is 9.18. The molecule has 12 heteroatoms. The van der Waals surface area contributed by atoms with Crippen LogP contribution in [-0.2, 0) is 41.6 Å². The summed E-state index contributed by atoms with van der Waals surface area (Å²) in [6.07, 6.45) is -0.0966. The molecule has 4 atom stereocenters. The molecule has 4 bridgehead atoms. The van der Waals surface area contributed by atoms with E-state index < -0.39 is 42.1 Å². The summed E-state index contributed by atoms with van der Waals surface area (Å²) in [7, 11) is 1.86. The highest BCUT2D eigenvalue weighted by Gasteiger charge is 2.37. The van der Waals surface area contributed by atoms with Crippen molar-refractivity contribution in [3.05, 3.63) is 29.6 Å². The first-order chi connectivity index (χ1) is 17.2. The van der Waals surface area contributed by atoms with E-state index in [0.29, 0.717) is 50.5 Å². The first-order valence-electron chi connectivity index (χ1n) is 12.1. The van der Waals surface area contributed by atoms with Crippen LogP contribution in [0.2, 0.25) is 0 Å². The standard InChI is InChI=1S/C24H34N4O8/c1-27-11-10-25-19(5-7-21(29)30)23(33)35-12-9-16-3-2-4-17(26-16)13-28-15-18(14-27)36-24(34)20(28)6-8-22(31)32/h2-4,18-20,25H,5-15H2,1H3,(H,29,30)(H,31,32). The van der Waals surface area contributed by atoms with Gasteiger partial charge in [-0.3, -0.25) is 29.1 Å². The summed E-state index contributed by atoms with van der Waals surface area (Å²) in [5.74, 6) is -2.91. The fourth-order valence-corrected chi connectivity index (χ4v) is 4.41. The van der Waals surface area contributed by atoms with Gasteiger partial charge in [-0.25, -0.2) is 0 Å². The van der Waals surface area contributed by atoms with Crippen LogP contribution in [0.5, 0.6) is 0 Å². The zero-order valence-electron chi connectivity index (χ0n) is 20.4. The second kappa shape index (κ2) is 13.3. The number of aliphatic carboxylic acids is 2. The summed E-state index contributed by atoms with van der Waals surface area (Å²) >= 11 is 0. The lowest BCUT2D eigenvalue weighted by Crippen LogP contribution is -2.55. The fraction of sp³-hybridized carbons (Fsp3) is 0.625. The van der Waals surface area contributed by atoms with Gasteiger partial charge >= 0.3 is 23.9 Å². The number of ether oxygens (including phenoxy) is 2. The minimum atomic E-state index is -0.989. The van der Waals surface area contributed by atoms with Gasteiger partial charge < -0.3 is 29.9 Å². The van der Waals surface area contributed by atoms with Crippen molar-refractivity contribution < 1.29 is 38.9 Å². The lowest BCUT2D eigenvalue weighted by molar-refractivity contribution is -0.169. The maximum atomic E-state index is 12.8. The first kappa shape index (κ1) is 27.5. The molecule has 0 amide bonds. The minimum absolute atomic E-state index is 0.0970. The van der Waals surface area contributed by atoms with Crippen LogP contribution in [0.4, 0.5) is 0 Å². The summed E-state index contributed by atoms with van der Waals surface area (Å²) in [5.41, 5.74) is 1.42. The number of likely N-dealkylation sites (N-methyl/N-ethyl adjacent to an activating group) is 1. The van der Waals surface area contributed by atoms with Crippen LogP contribution in [0.25, 0.3) is 0 Å². The number of hydrogen-bond donors (Lipinski definition) is 3. The number of morpholine rings is 1. The Hall–Kier alpha value is -3.09. The van der Waals surface area contributed by atoms with Crippen molar-refractivity contribution in [2.24, 2.45) is 0 Å². The number of esters is 2. The summed E-state index contributed by atoms with van der Waals surface area (Å²) in [5, 5.41) is 21.2. The van der Waals surface area contributed by atoms with Crippen molar-refractivity contribution in [1.29, 1.82) is 0 Å². The van der Waals surface area contributed by atoms with Gasteiger partial charge in [0.1, 0.15) is 18.2 Å². The molecule has 0 radical (unpaired) electrons. The number of carboxylic acids is 2. The normalized spacial score (nSPS) is 26.4. The monoisotopic (exact) mass is 506 g/mol. The minimum Gasteiger partial charge on any atom is -0.481 e. The topological polar surface area (TPSA) is 159 Å². The number of fused-ring (bicyclic) bond motifs is 4. The number of carboxylic acid groups (broad SMARTS) is 2. The van der Waals surface area contributed by atoms with Crippen molar-refractivity contribution in [3.63, 3.8) is 0 Å². The van der Waals surface area contributed by atoms with Crippen molar-refractivity contribution in [2.75, 3.05) is 39.8 Å². The van der Waals surface area contributed by atoms with Crippen LogP contribution in [-0.4, -0.2) is 107 Å². The highest BCUT2D eigenvalue weighted by atomic mass is 16.6. The summed E-state index contributed by atoms with van der Waals surface area (Å²) in [6.45, 7) is 2.25. The van der Waals surface area contributed by atoms with E-state index in [1.807, 2.05) is 35.0 Å². The Kier molecular flexibility index (Phi) is 10.1. The molecular formula is C24H34N4O8. The van der Waals surface area contributed by atoms with Crippen molar-refractivity contribution >= 4 is 23.9 Å². The number of aromatic nitrogens is 1. The number of nitrogens with zero attached hydrogens (tertiary/aromatic N) is 3. The van der Waals surface area contributed by atoms with Crippen molar-refractivity contribution in [1.82, 2.24) is 20.1 Å². The first-order valence-corrected chi connectivity index (χ1v) is 12.1. The molecule has 1 aromatic rings. The molecule has 198 valence electrons. The van der Waals surface area contributed by atoms with Gasteiger partial charge in [0.2, 0.25) is 0 Å². The van der Waals surface area contributed by atoms with E-state index in [9.17, 15) is 19.2 Å². The quantitative estimate of drug-likeness (QED) is 0.441. The summed E-state index contributed by atoms with van der Waals surface area (Å²) < 4.78 is 11.1. The van der Waals surface area contributed by atoms with E-state index in [1.54, 1.807) is 0 Å². The Morgan fingerprint density at radius 1 is 1.08 bits per heavy atom. The van der Waals surface area contributed by atoms with Gasteiger partial charge in [0.05, 0.1) is 12.3 Å². The molecule has 4 unspecified atom stereocenters. The van der Waals surface area contributed by atoms with Crippen molar-refractivity contribution in [2.45, 2.75) is 56.8 Å². The molecule has 1 saturated heterocycles. The Labute approximate surface area is 209 Å². The zero-order chi connectivity index (χ0) is 26.1. The lowest BCUT2D eigenvalue weighted by Gasteiger charge is -2.39. The molecule has 3 N–H and O–H groups in total. The maximum absolute atomic E-state index is 12.8. The Morgan fingerprint density at radius 2 is 1.81 bits per heavy atom. The smallest absolute Gasteiger partial charge is 0.323 e. The van der Waals surface area contributed by atoms with Gasteiger partial charge in [0.15, 0.2) is 0 Å². The predicted molar refractivity (Wildman–Crippen MR) is 126 cm³/mol. The third-order valence-corrected chi connectivity index (χ3v) is 6.23. The number of hydrogen-bond acceptors (Lipinski definition) is 10. The lowest BCUT2D eigenvalue weighted by atomic mass is 10.1. The van der Waals surface area contributed by atoms with Crippen LogP contribution in [0, 0.1) is 0 Å². The molecule has 3 rings (SSSR count). The molecule has 0 spiro atoms. The van der Waals surface area contributed by atoms with E-state index in [2.05, 4.69) is 10.3 Å². The highest BCUT2D eigenvalue weighted by molar-refractivity contribution is 5.78. The van der Waals surface area contributed by atoms with E-state index in [0.717, 1.165) is 0 Å². The van der Waals surface area contributed by atoms with Gasteiger partial charge in [-0.2, -0.15) is 0 Å². The van der Waals surface area contributed by atoms with Gasteiger partial charge in [-0.1, -0.05) is 6.07 Å². The van der Waals surface area contributed by atoms with Crippen molar-refractivity contribution in [3.8, 4) is 0 Å². The third-order valence-electron chi connectivity index (χ3n) is 6.23. The van der Waals surface area contributed by atoms with Crippen LogP contribution in [0.3, 0.4) is 0 Å². The average molecular weight is 507 g/mol. The van der Waals surface area contributed by atoms with Crippen LogP contribution in [0.1, 0.15) is 37.1 Å². The number of nitrogens with one attached hydrogen (secondary N) is 1. The molecule has 2 aliphatic heterocycles. The van der Waals surface area contributed by atoms with E-state index in [1.165, 1.54) is 0 Å². The maximum Gasteiger partial charge on any atom is 0.323 e. The number of carbonyl (C=O) groups is 4. The molecule has 3 heterocycles. The van der Waals surface area contributed by atoms with Gasteiger partial charge in [-0.15, -0.1) is 0 Å². The molecule has 1 fully saturated rings. The molecule has 0 aromatic carbocycles. The predicted octanol–water partition coefficient (Wildman–Crippen LogP) is -0.103. The summed E-state index contributed by atoms with van der Waals surface area (Å²) in [4.78, 5) is 56.1. The summed E-state index contributed by atoms with van der Waals surface area (Å²) in [6, 6.07) is 4.07. The Morgan fingerprint density at radius 3 is 2.56 bits per heavy atom. The van der Waals surface area contributed by atoms with Crippen LogP contribution >= 0.6 is 0 Å². The zero-order valence-corrected chi connectivity index (χ0v) is 20.4. The molecule has 36 heavy (non-hydrogen) atoms. The molecule has 2 aliphatic rings. The van der Waals surface area contributed by atoms with E-state index in [-0.39, 0.29) is 32.3 Å². The number of rotatable bonds is 6. The largest absolute Gasteiger partial charge is 0.481 e. The van der Waals surface area contributed by atoms with E-state index >= 15 is 0 Å². The second-order valence-corrected chi connectivity index (χ2v) is 9.18. The number of cyclic esters (lactones) is 1. The van der Waals surface area contributed by atoms with Crippen LogP contribution < -0.4 is 5.32 Å². The van der Waals surface area contributed by atoms with Gasteiger partial charge in [0, 0.05) is 57.7 Å². The Bertz CT molecular complexity index is 942. The molecular weight excluding hydrogens is 472 g/mol. The molecule has 0 saturated carbocycles. The molecule has 1 aromatic heterocycles. The molecule has 12 nitrogen and oxygen atoms in total. The van der Waals surface area contributed by atoms with Gasteiger partial charge in [-0.05, 0) is 32.0 Å². The number of carbonyl (C=O) groups excluding carboxylic acids is 2. The highest BCUT2D eigenvalue weighted by Crippen LogP contribution is 2.21. The van der Waals surface area contributed by atoms with Crippen LogP contribution in [0.15, 0.2) is 18.2 Å². The van der Waals surface area contributed by atoms with E-state index in [4.69, 9.17) is 19.7 Å². The molecule has 0 aliphatic carbocycles. The SMILES string of the molecule is CN1CCNC(CCC(=O)O)C(=O)OCCc2cccc(n2)CN2CC(C1)OC(=O)C2CCC(=O)O. The third kappa shape index (κ3) is 8.54. The fourth-order valence-electron chi connectivity index (χ4n) is 4.41.